The van der Waals surface area contributed by atoms with Crippen molar-refractivity contribution in [3.8, 4) is 0 Å². The number of hydrogen-bond donors (Lipinski definition) is 1. The predicted octanol–water partition coefficient (Wildman–Crippen LogP) is 3.32. The van der Waals surface area contributed by atoms with Gasteiger partial charge in [-0.1, -0.05) is 18.6 Å². The lowest BCUT2D eigenvalue weighted by molar-refractivity contribution is -0.140. The molecule has 1 saturated heterocycles. The van der Waals surface area contributed by atoms with Crippen LogP contribution in [0.15, 0.2) is 24.3 Å². The molecule has 1 N–H and O–H groups in total. The second kappa shape index (κ2) is 5.83. The summed E-state index contributed by atoms with van der Waals surface area (Å²) in [4.78, 5) is 12.6. The normalized spacial score (nSPS) is 20.9. The molecule has 0 saturated carbocycles. The predicted molar refractivity (Wildman–Crippen MR) is 67.2 cm³/mol. The molecule has 0 radical (unpaired) electrons. The molecule has 1 atom stereocenters. The van der Waals surface area contributed by atoms with Crippen LogP contribution in [0.5, 0.6) is 0 Å². The van der Waals surface area contributed by atoms with Crippen molar-refractivity contribution in [1.82, 2.24) is 4.90 Å². The van der Waals surface area contributed by atoms with Crippen LogP contribution in [-0.2, 0) is 11.0 Å². The number of halogens is 3. The maximum Gasteiger partial charge on any atom is 0.416 e. The fourth-order valence-corrected chi connectivity index (χ4v) is 2.65. The Morgan fingerprint density at radius 2 is 2.10 bits per heavy atom. The second-order valence-electron chi connectivity index (χ2n) is 5.00. The molecule has 1 aromatic rings. The third-order valence-electron chi connectivity index (χ3n) is 3.55. The lowest BCUT2D eigenvalue weighted by Crippen LogP contribution is -2.37. The van der Waals surface area contributed by atoms with E-state index in [2.05, 4.69) is 0 Å². The highest BCUT2D eigenvalue weighted by molar-refractivity contribution is 5.69. The van der Waals surface area contributed by atoms with Crippen molar-refractivity contribution in [1.29, 1.82) is 0 Å². The van der Waals surface area contributed by atoms with E-state index < -0.39 is 17.7 Å². The molecule has 0 spiro atoms. The number of rotatable bonds is 3. The molecule has 110 valence electrons. The SMILES string of the molecule is O=C(O)CN1CCCCC1c1cccc(C(F)(F)F)c1. The maximum absolute atomic E-state index is 12.7. The molecule has 0 amide bonds. The van der Waals surface area contributed by atoms with E-state index in [-0.39, 0.29) is 12.6 Å². The third-order valence-corrected chi connectivity index (χ3v) is 3.55. The number of carboxylic acid groups (broad SMARTS) is 1. The van der Waals surface area contributed by atoms with E-state index in [9.17, 15) is 18.0 Å². The highest BCUT2D eigenvalue weighted by Crippen LogP contribution is 2.35. The summed E-state index contributed by atoms with van der Waals surface area (Å²) in [6.07, 6.45) is -1.91. The lowest BCUT2D eigenvalue weighted by atomic mass is 9.94. The Labute approximate surface area is 115 Å². The van der Waals surface area contributed by atoms with Gasteiger partial charge in [0.2, 0.25) is 0 Å². The van der Waals surface area contributed by atoms with Crippen LogP contribution in [-0.4, -0.2) is 29.1 Å². The minimum Gasteiger partial charge on any atom is -0.480 e. The molecular formula is C14H16F3NO2. The Morgan fingerprint density at radius 1 is 1.35 bits per heavy atom. The first-order chi connectivity index (χ1) is 9.38. The average molecular weight is 287 g/mol. The molecule has 0 bridgehead atoms. The third kappa shape index (κ3) is 3.50. The van der Waals surface area contributed by atoms with Gasteiger partial charge in [-0.3, -0.25) is 9.69 Å². The first kappa shape index (κ1) is 14.8. The number of piperidine rings is 1. The van der Waals surface area contributed by atoms with E-state index >= 15 is 0 Å². The summed E-state index contributed by atoms with van der Waals surface area (Å²) < 4.78 is 38.2. The number of carboxylic acids is 1. The molecule has 1 aromatic carbocycles. The Morgan fingerprint density at radius 3 is 2.75 bits per heavy atom. The highest BCUT2D eigenvalue weighted by atomic mass is 19.4. The van der Waals surface area contributed by atoms with E-state index in [0.717, 1.165) is 25.0 Å². The van der Waals surface area contributed by atoms with Crippen molar-refractivity contribution in [2.75, 3.05) is 13.1 Å². The van der Waals surface area contributed by atoms with Crippen molar-refractivity contribution in [2.45, 2.75) is 31.5 Å². The van der Waals surface area contributed by atoms with Crippen molar-refractivity contribution < 1.29 is 23.1 Å². The molecular weight excluding hydrogens is 271 g/mol. The molecule has 1 aliphatic rings. The highest BCUT2D eigenvalue weighted by Gasteiger charge is 2.32. The average Bonchev–Trinajstić information content (AvgIpc) is 2.38. The van der Waals surface area contributed by atoms with E-state index in [1.807, 2.05) is 0 Å². The summed E-state index contributed by atoms with van der Waals surface area (Å²) in [5, 5.41) is 8.89. The number of carbonyl (C=O) groups is 1. The van der Waals surface area contributed by atoms with Gasteiger partial charge in [0.25, 0.3) is 0 Å². The molecule has 6 heteroatoms. The van der Waals surface area contributed by atoms with Crippen LogP contribution >= 0.6 is 0 Å². The van der Waals surface area contributed by atoms with Crippen LogP contribution in [0.1, 0.15) is 36.4 Å². The zero-order valence-corrected chi connectivity index (χ0v) is 10.9. The van der Waals surface area contributed by atoms with E-state index in [0.29, 0.717) is 18.5 Å². The minimum absolute atomic E-state index is 0.138. The van der Waals surface area contributed by atoms with Gasteiger partial charge in [-0.25, -0.2) is 0 Å². The molecule has 2 rings (SSSR count). The summed E-state index contributed by atoms with van der Waals surface area (Å²) in [5.74, 6) is -0.955. The van der Waals surface area contributed by atoms with Gasteiger partial charge < -0.3 is 5.11 Å². The lowest BCUT2D eigenvalue weighted by Gasteiger charge is -2.35. The van der Waals surface area contributed by atoms with Gasteiger partial charge >= 0.3 is 12.1 Å². The Bertz CT molecular complexity index is 488. The fraction of sp³-hybridized carbons (Fsp3) is 0.500. The molecule has 1 unspecified atom stereocenters. The van der Waals surface area contributed by atoms with Crippen molar-refractivity contribution >= 4 is 5.97 Å². The maximum atomic E-state index is 12.7. The second-order valence-corrected chi connectivity index (χ2v) is 5.00. The molecule has 1 aliphatic heterocycles. The molecule has 0 aliphatic carbocycles. The summed E-state index contributed by atoms with van der Waals surface area (Å²) in [5.41, 5.74) is -0.142. The van der Waals surface area contributed by atoms with Crippen molar-refractivity contribution in [3.63, 3.8) is 0 Å². The van der Waals surface area contributed by atoms with Gasteiger partial charge in [0.05, 0.1) is 12.1 Å². The van der Waals surface area contributed by atoms with Crippen LogP contribution < -0.4 is 0 Å². The van der Waals surface area contributed by atoms with Gasteiger partial charge in [0, 0.05) is 6.04 Å². The minimum atomic E-state index is -4.37. The Balaban J connectivity index is 2.26. The molecule has 20 heavy (non-hydrogen) atoms. The van der Waals surface area contributed by atoms with E-state index in [4.69, 9.17) is 5.11 Å². The number of alkyl halides is 3. The van der Waals surface area contributed by atoms with E-state index in [1.165, 1.54) is 6.07 Å². The van der Waals surface area contributed by atoms with Crippen LogP contribution in [0.2, 0.25) is 0 Å². The topological polar surface area (TPSA) is 40.5 Å². The van der Waals surface area contributed by atoms with Gasteiger partial charge in [0.1, 0.15) is 0 Å². The summed E-state index contributed by atoms with van der Waals surface area (Å²) in [6.45, 7) is 0.466. The van der Waals surface area contributed by atoms with Crippen LogP contribution in [0.4, 0.5) is 13.2 Å². The van der Waals surface area contributed by atoms with Gasteiger partial charge in [-0.05, 0) is 37.1 Å². The first-order valence-corrected chi connectivity index (χ1v) is 6.51. The first-order valence-electron chi connectivity index (χ1n) is 6.51. The Kier molecular flexibility index (Phi) is 4.32. The fourth-order valence-electron chi connectivity index (χ4n) is 2.65. The standard InChI is InChI=1S/C14H16F3NO2/c15-14(16,17)11-5-3-4-10(8-11)12-6-1-2-7-18(12)9-13(19)20/h3-5,8,12H,1-2,6-7,9H2,(H,19,20). The largest absolute Gasteiger partial charge is 0.480 e. The van der Waals surface area contributed by atoms with Crippen molar-refractivity contribution in [3.05, 3.63) is 35.4 Å². The van der Waals surface area contributed by atoms with Gasteiger partial charge in [-0.15, -0.1) is 0 Å². The molecule has 1 fully saturated rings. The Hall–Kier alpha value is -1.56. The monoisotopic (exact) mass is 287 g/mol. The van der Waals surface area contributed by atoms with Gasteiger partial charge in [0.15, 0.2) is 0 Å². The summed E-state index contributed by atoms with van der Waals surface area (Å²) in [7, 11) is 0. The zero-order valence-electron chi connectivity index (χ0n) is 10.9. The number of nitrogens with zero attached hydrogens (tertiary/aromatic N) is 1. The van der Waals surface area contributed by atoms with E-state index in [1.54, 1.807) is 11.0 Å². The van der Waals surface area contributed by atoms with Crippen LogP contribution in [0.25, 0.3) is 0 Å². The van der Waals surface area contributed by atoms with Crippen molar-refractivity contribution in [2.24, 2.45) is 0 Å². The number of benzene rings is 1. The zero-order chi connectivity index (χ0) is 14.8. The molecule has 3 nitrogen and oxygen atoms in total. The molecule has 1 heterocycles. The smallest absolute Gasteiger partial charge is 0.416 e. The number of aliphatic carboxylic acids is 1. The van der Waals surface area contributed by atoms with Crippen LogP contribution in [0, 0.1) is 0 Å². The summed E-state index contributed by atoms with van der Waals surface area (Å²) in [6, 6.07) is 4.94. The number of likely N-dealkylation sites (tertiary alicyclic amines) is 1. The van der Waals surface area contributed by atoms with Gasteiger partial charge in [-0.2, -0.15) is 13.2 Å². The van der Waals surface area contributed by atoms with Crippen LogP contribution in [0.3, 0.4) is 0 Å². The molecule has 0 aromatic heterocycles. The number of hydrogen-bond acceptors (Lipinski definition) is 2. The quantitative estimate of drug-likeness (QED) is 0.927. The summed E-state index contributed by atoms with van der Waals surface area (Å²) >= 11 is 0.